The maximum atomic E-state index is 12.5. The number of hydrogen-bond donors (Lipinski definition) is 2. The zero-order chi connectivity index (χ0) is 20.4. The molecule has 0 heterocycles. The van der Waals surface area contributed by atoms with Crippen LogP contribution in [-0.4, -0.2) is 53.3 Å². The van der Waals surface area contributed by atoms with Gasteiger partial charge in [-0.3, -0.25) is 14.9 Å². The average Bonchev–Trinajstić information content (AvgIpc) is 2.64. The van der Waals surface area contributed by atoms with Gasteiger partial charge in [0, 0.05) is 12.1 Å². The van der Waals surface area contributed by atoms with Crippen molar-refractivity contribution in [1.82, 2.24) is 4.72 Å². The second kappa shape index (κ2) is 10.5. The highest BCUT2D eigenvalue weighted by Gasteiger charge is 2.27. The molecule has 1 atom stereocenters. The standard InChI is InChI=1S/C16H22N2O8S/c1-4-26-16(21)17-11-5-7-12(8-6-11)27(22,23)18-13(15(20)25-3)9-10-14(19)24-2/h5-8,13,18H,4,9-10H2,1-3H3,(H,17,21)/t13-/m0/s1. The number of carbonyl (C=O) groups is 3. The number of carbonyl (C=O) groups excluding carboxylic acids is 3. The molecule has 0 unspecified atom stereocenters. The minimum atomic E-state index is -4.07. The summed E-state index contributed by atoms with van der Waals surface area (Å²) in [7, 11) is -1.78. The molecule has 1 rings (SSSR count). The number of anilines is 1. The van der Waals surface area contributed by atoms with Gasteiger partial charge in [-0.15, -0.1) is 0 Å². The van der Waals surface area contributed by atoms with E-state index >= 15 is 0 Å². The zero-order valence-electron chi connectivity index (χ0n) is 15.2. The van der Waals surface area contributed by atoms with Crippen molar-refractivity contribution < 1.29 is 37.0 Å². The van der Waals surface area contributed by atoms with Crippen LogP contribution in [0.5, 0.6) is 0 Å². The number of sulfonamides is 1. The van der Waals surface area contributed by atoms with Crippen LogP contribution in [0.15, 0.2) is 29.2 Å². The molecule has 0 spiro atoms. The molecule has 1 aromatic carbocycles. The van der Waals surface area contributed by atoms with Crippen LogP contribution in [0.4, 0.5) is 10.5 Å². The van der Waals surface area contributed by atoms with Gasteiger partial charge in [0.1, 0.15) is 6.04 Å². The van der Waals surface area contributed by atoms with Crippen molar-refractivity contribution in [2.45, 2.75) is 30.7 Å². The Labute approximate surface area is 157 Å². The van der Waals surface area contributed by atoms with Crippen molar-refractivity contribution in [2.24, 2.45) is 0 Å². The Bertz CT molecular complexity index is 761. The Kier molecular flexibility index (Phi) is 8.69. The largest absolute Gasteiger partial charge is 0.469 e. The Balaban J connectivity index is 2.87. The molecule has 0 saturated carbocycles. The van der Waals surface area contributed by atoms with E-state index in [-0.39, 0.29) is 24.3 Å². The molecule has 27 heavy (non-hydrogen) atoms. The van der Waals surface area contributed by atoms with Gasteiger partial charge in [-0.05, 0) is 37.6 Å². The quantitative estimate of drug-likeness (QED) is 0.461. The van der Waals surface area contributed by atoms with Gasteiger partial charge in [0.15, 0.2) is 0 Å². The summed E-state index contributed by atoms with van der Waals surface area (Å²) in [6.45, 7) is 1.85. The Hall–Kier alpha value is -2.66. The van der Waals surface area contributed by atoms with E-state index in [2.05, 4.69) is 19.5 Å². The van der Waals surface area contributed by atoms with Crippen LogP contribution in [0, 0.1) is 0 Å². The monoisotopic (exact) mass is 402 g/mol. The molecule has 0 aromatic heterocycles. The summed E-state index contributed by atoms with van der Waals surface area (Å²) in [6.07, 6.45) is -0.956. The number of hydrogen-bond acceptors (Lipinski definition) is 8. The Morgan fingerprint density at radius 2 is 1.70 bits per heavy atom. The van der Waals surface area contributed by atoms with Crippen molar-refractivity contribution >= 4 is 33.7 Å². The molecule has 2 N–H and O–H groups in total. The first-order valence-electron chi connectivity index (χ1n) is 7.94. The lowest BCUT2D eigenvalue weighted by molar-refractivity contribution is -0.144. The van der Waals surface area contributed by atoms with Crippen LogP contribution in [-0.2, 0) is 33.8 Å². The summed E-state index contributed by atoms with van der Waals surface area (Å²) < 4.78 is 40.9. The van der Waals surface area contributed by atoms with E-state index < -0.39 is 34.1 Å². The molecule has 1 amide bonds. The predicted octanol–water partition coefficient (Wildman–Crippen LogP) is 1.03. The molecule has 1 aromatic rings. The number of ether oxygens (including phenoxy) is 3. The first-order chi connectivity index (χ1) is 12.7. The lowest BCUT2D eigenvalue weighted by Gasteiger charge is -2.16. The second-order valence-electron chi connectivity index (χ2n) is 5.18. The molecule has 0 saturated heterocycles. The number of rotatable bonds is 9. The Morgan fingerprint density at radius 3 is 2.22 bits per heavy atom. The fourth-order valence-corrected chi connectivity index (χ4v) is 3.21. The van der Waals surface area contributed by atoms with Crippen molar-refractivity contribution in [1.29, 1.82) is 0 Å². The molecule has 0 aliphatic heterocycles. The first-order valence-corrected chi connectivity index (χ1v) is 9.42. The minimum absolute atomic E-state index is 0.124. The van der Waals surface area contributed by atoms with Gasteiger partial charge in [0.05, 0.1) is 25.7 Å². The van der Waals surface area contributed by atoms with Gasteiger partial charge in [-0.25, -0.2) is 13.2 Å². The molecule has 0 fully saturated rings. The minimum Gasteiger partial charge on any atom is -0.469 e. The van der Waals surface area contributed by atoms with E-state index in [1.807, 2.05) is 0 Å². The summed E-state index contributed by atoms with van der Waals surface area (Å²) in [5.74, 6) is -1.42. The first kappa shape index (κ1) is 22.4. The van der Waals surface area contributed by atoms with Gasteiger partial charge < -0.3 is 14.2 Å². The molecule has 0 radical (unpaired) electrons. The van der Waals surface area contributed by atoms with Crippen molar-refractivity contribution in [2.75, 3.05) is 26.1 Å². The van der Waals surface area contributed by atoms with Gasteiger partial charge >= 0.3 is 18.0 Å². The summed E-state index contributed by atoms with van der Waals surface area (Å²) in [5, 5.41) is 2.43. The summed E-state index contributed by atoms with van der Waals surface area (Å²) in [6, 6.07) is 3.98. The van der Waals surface area contributed by atoms with Crippen LogP contribution in [0.1, 0.15) is 19.8 Å². The van der Waals surface area contributed by atoms with E-state index in [9.17, 15) is 22.8 Å². The van der Waals surface area contributed by atoms with E-state index in [1.54, 1.807) is 6.92 Å². The van der Waals surface area contributed by atoms with E-state index in [0.29, 0.717) is 5.69 Å². The fourth-order valence-electron chi connectivity index (χ4n) is 1.99. The summed E-state index contributed by atoms with van der Waals surface area (Å²) in [4.78, 5) is 34.2. The summed E-state index contributed by atoms with van der Waals surface area (Å²) >= 11 is 0. The zero-order valence-corrected chi connectivity index (χ0v) is 16.0. The van der Waals surface area contributed by atoms with Gasteiger partial charge in [0.25, 0.3) is 0 Å². The van der Waals surface area contributed by atoms with Crippen molar-refractivity contribution in [3.05, 3.63) is 24.3 Å². The molecule has 0 aliphatic rings. The number of amides is 1. The van der Waals surface area contributed by atoms with E-state index in [0.717, 1.165) is 7.11 Å². The summed E-state index contributed by atoms with van der Waals surface area (Å²) in [5.41, 5.74) is 0.336. The van der Waals surface area contributed by atoms with Crippen LogP contribution in [0.25, 0.3) is 0 Å². The third-order valence-corrected chi connectivity index (χ3v) is 4.82. The molecule has 150 valence electrons. The number of methoxy groups -OCH3 is 2. The third-order valence-electron chi connectivity index (χ3n) is 3.33. The van der Waals surface area contributed by atoms with Gasteiger partial charge in [-0.1, -0.05) is 0 Å². The van der Waals surface area contributed by atoms with Crippen LogP contribution < -0.4 is 10.0 Å². The maximum absolute atomic E-state index is 12.5. The van der Waals surface area contributed by atoms with Crippen LogP contribution >= 0.6 is 0 Å². The van der Waals surface area contributed by atoms with Gasteiger partial charge in [-0.2, -0.15) is 4.72 Å². The van der Waals surface area contributed by atoms with E-state index in [4.69, 9.17) is 4.74 Å². The Morgan fingerprint density at radius 1 is 1.07 bits per heavy atom. The molecule has 11 heteroatoms. The molecule has 0 bridgehead atoms. The van der Waals surface area contributed by atoms with E-state index in [1.165, 1.54) is 31.4 Å². The highest BCUT2D eigenvalue weighted by atomic mass is 32.2. The highest BCUT2D eigenvalue weighted by Crippen LogP contribution is 2.16. The number of nitrogens with one attached hydrogen (secondary N) is 2. The molecular weight excluding hydrogens is 380 g/mol. The molecule has 10 nitrogen and oxygen atoms in total. The van der Waals surface area contributed by atoms with Crippen LogP contribution in [0.3, 0.4) is 0 Å². The second-order valence-corrected chi connectivity index (χ2v) is 6.90. The van der Waals surface area contributed by atoms with Crippen molar-refractivity contribution in [3.63, 3.8) is 0 Å². The normalized spacial score (nSPS) is 12.0. The lowest BCUT2D eigenvalue weighted by Crippen LogP contribution is -2.41. The predicted molar refractivity (Wildman–Crippen MR) is 94.5 cm³/mol. The highest BCUT2D eigenvalue weighted by molar-refractivity contribution is 7.89. The number of esters is 2. The molecular formula is C16H22N2O8S. The van der Waals surface area contributed by atoms with Crippen molar-refractivity contribution in [3.8, 4) is 0 Å². The molecule has 0 aliphatic carbocycles. The lowest BCUT2D eigenvalue weighted by atomic mass is 10.2. The van der Waals surface area contributed by atoms with Crippen LogP contribution in [0.2, 0.25) is 0 Å². The fraction of sp³-hybridized carbons (Fsp3) is 0.438. The van der Waals surface area contributed by atoms with Gasteiger partial charge in [0.2, 0.25) is 10.0 Å². The topological polar surface area (TPSA) is 137 Å². The maximum Gasteiger partial charge on any atom is 0.411 e. The SMILES string of the molecule is CCOC(=O)Nc1ccc(S(=O)(=O)N[C@@H](CCC(=O)OC)C(=O)OC)cc1. The average molecular weight is 402 g/mol. The number of benzene rings is 1. The smallest absolute Gasteiger partial charge is 0.411 e. The third kappa shape index (κ3) is 7.23.